The highest BCUT2D eigenvalue weighted by Gasteiger charge is 2.19. The van der Waals surface area contributed by atoms with E-state index in [1.54, 1.807) is 0 Å². The maximum atomic E-state index is 12.8. The first kappa shape index (κ1) is 54.4. The van der Waals surface area contributed by atoms with E-state index < -0.39 is 6.10 Å². The second-order valence-corrected chi connectivity index (χ2v) is 17.6. The van der Waals surface area contributed by atoms with Gasteiger partial charge in [0.05, 0.1) is 0 Å². The van der Waals surface area contributed by atoms with Gasteiger partial charge in [0.2, 0.25) is 0 Å². The molecule has 0 saturated carbocycles. The second kappa shape index (κ2) is 44.5. The third-order valence-electron chi connectivity index (χ3n) is 11.3. The highest BCUT2D eigenvalue weighted by Crippen LogP contribution is 2.17. The Balaban J connectivity index is 4.32. The number of hydrogen-bond acceptors (Lipinski definition) is 6. The SMILES string of the molecule is CCCCCCCCCCCCCCCCC(=O)O[C@H](COC(=O)CCCCCCCCCCCCC)COC(=O)CCCCCCCCCCCCC(C)C. The van der Waals surface area contributed by atoms with Crippen molar-refractivity contribution in [2.45, 2.75) is 284 Å². The summed E-state index contributed by atoms with van der Waals surface area (Å²) in [7, 11) is 0. The zero-order chi connectivity index (χ0) is 41.0. The highest BCUT2D eigenvalue weighted by molar-refractivity contribution is 5.71. The van der Waals surface area contributed by atoms with Gasteiger partial charge in [0, 0.05) is 19.3 Å². The van der Waals surface area contributed by atoms with Crippen molar-refractivity contribution in [2.75, 3.05) is 13.2 Å². The lowest BCUT2D eigenvalue weighted by Gasteiger charge is -2.18. The van der Waals surface area contributed by atoms with Gasteiger partial charge in [0.1, 0.15) is 13.2 Å². The molecule has 0 aromatic heterocycles. The van der Waals surface area contributed by atoms with Crippen LogP contribution in [-0.2, 0) is 28.6 Å². The molecule has 0 heterocycles. The number of carbonyl (C=O) groups is 3. The molecule has 0 rings (SSSR count). The van der Waals surface area contributed by atoms with Gasteiger partial charge in [0.25, 0.3) is 0 Å². The second-order valence-electron chi connectivity index (χ2n) is 17.6. The summed E-state index contributed by atoms with van der Waals surface area (Å²) in [5.41, 5.74) is 0. The number of esters is 3. The molecule has 0 fully saturated rings. The summed E-state index contributed by atoms with van der Waals surface area (Å²) in [5.74, 6) is -0.0293. The molecule has 0 aliphatic carbocycles. The van der Waals surface area contributed by atoms with Crippen LogP contribution in [0.1, 0.15) is 278 Å². The first-order chi connectivity index (χ1) is 27.4. The molecule has 6 heteroatoms. The van der Waals surface area contributed by atoms with E-state index in [0.29, 0.717) is 19.3 Å². The zero-order valence-corrected chi connectivity index (χ0v) is 38.1. The Labute approximate surface area is 348 Å². The number of rotatable bonds is 45. The molecule has 56 heavy (non-hydrogen) atoms. The smallest absolute Gasteiger partial charge is 0.306 e. The maximum absolute atomic E-state index is 12.8. The molecule has 0 aromatic carbocycles. The molecule has 6 nitrogen and oxygen atoms in total. The summed E-state index contributed by atoms with van der Waals surface area (Å²) in [6, 6.07) is 0. The van der Waals surface area contributed by atoms with Gasteiger partial charge in [0.15, 0.2) is 6.10 Å². The summed E-state index contributed by atoms with van der Waals surface area (Å²) in [4.78, 5) is 37.8. The summed E-state index contributed by atoms with van der Waals surface area (Å²) in [5, 5.41) is 0. The van der Waals surface area contributed by atoms with Crippen LogP contribution in [0.3, 0.4) is 0 Å². The van der Waals surface area contributed by atoms with Crippen molar-refractivity contribution in [1.29, 1.82) is 0 Å². The van der Waals surface area contributed by atoms with Crippen molar-refractivity contribution in [1.82, 2.24) is 0 Å². The van der Waals surface area contributed by atoms with Crippen LogP contribution < -0.4 is 0 Å². The van der Waals surface area contributed by atoms with Crippen molar-refractivity contribution >= 4 is 17.9 Å². The quantitative estimate of drug-likeness (QED) is 0.0347. The molecule has 332 valence electrons. The molecule has 0 saturated heterocycles. The molecular formula is C50H96O6. The summed E-state index contributed by atoms with van der Waals surface area (Å²) in [6.45, 7) is 9.00. The van der Waals surface area contributed by atoms with Crippen molar-refractivity contribution in [3.63, 3.8) is 0 Å². The summed E-state index contributed by atoms with van der Waals surface area (Å²) >= 11 is 0. The lowest BCUT2D eigenvalue weighted by atomic mass is 10.0. The van der Waals surface area contributed by atoms with Crippen LogP contribution in [0, 0.1) is 5.92 Å². The Morgan fingerprint density at radius 2 is 0.589 bits per heavy atom. The van der Waals surface area contributed by atoms with Crippen molar-refractivity contribution in [3.05, 3.63) is 0 Å². The first-order valence-electron chi connectivity index (χ1n) is 24.9. The minimum absolute atomic E-state index is 0.0631. The summed E-state index contributed by atoms with van der Waals surface area (Å²) < 4.78 is 16.8. The van der Waals surface area contributed by atoms with Gasteiger partial charge in [-0.15, -0.1) is 0 Å². The van der Waals surface area contributed by atoms with Gasteiger partial charge in [-0.25, -0.2) is 0 Å². The highest BCUT2D eigenvalue weighted by atomic mass is 16.6. The van der Waals surface area contributed by atoms with E-state index in [0.717, 1.165) is 63.7 Å². The zero-order valence-electron chi connectivity index (χ0n) is 38.1. The third-order valence-corrected chi connectivity index (χ3v) is 11.3. The van der Waals surface area contributed by atoms with Crippen LogP contribution in [0.4, 0.5) is 0 Å². The number of carbonyl (C=O) groups excluding carboxylic acids is 3. The van der Waals surface area contributed by atoms with Crippen LogP contribution in [0.5, 0.6) is 0 Å². The van der Waals surface area contributed by atoms with Crippen LogP contribution in [0.15, 0.2) is 0 Å². The molecule has 0 amide bonds. The Kier molecular flexibility index (Phi) is 43.2. The Bertz CT molecular complexity index is 841. The fourth-order valence-electron chi connectivity index (χ4n) is 7.51. The van der Waals surface area contributed by atoms with Gasteiger partial charge >= 0.3 is 17.9 Å². The minimum atomic E-state index is -0.759. The number of hydrogen-bond donors (Lipinski definition) is 0. The molecule has 0 aromatic rings. The normalized spacial score (nSPS) is 11.9. The first-order valence-corrected chi connectivity index (χ1v) is 24.9. The number of ether oxygens (including phenoxy) is 3. The van der Waals surface area contributed by atoms with Crippen molar-refractivity contribution < 1.29 is 28.6 Å². The lowest BCUT2D eigenvalue weighted by Crippen LogP contribution is -2.30. The predicted molar refractivity (Wildman–Crippen MR) is 238 cm³/mol. The molecule has 0 bridgehead atoms. The van der Waals surface area contributed by atoms with Crippen LogP contribution in [0.25, 0.3) is 0 Å². The van der Waals surface area contributed by atoms with E-state index in [2.05, 4.69) is 27.7 Å². The van der Waals surface area contributed by atoms with E-state index in [-0.39, 0.29) is 31.1 Å². The lowest BCUT2D eigenvalue weighted by molar-refractivity contribution is -0.167. The number of unbranched alkanes of at least 4 members (excludes halogenated alkanes) is 32. The van der Waals surface area contributed by atoms with Crippen molar-refractivity contribution in [2.24, 2.45) is 5.92 Å². The van der Waals surface area contributed by atoms with Gasteiger partial charge in [-0.2, -0.15) is 0 Å². The molecule has 0 N–H and O–H groups in total. The van der Waals surface area contributed by atoms with Crippen LogP contribution in [0.2, 0.25) is 0 Å². The minimum Gasteiger partial charge on any atom is -0.462 e. The van der Waals surface area contributed by atoms with E-state index in [1.165, 1.54) is 173 Å². The molecule has 0 spiro atoms. The van der Waals surface area contributed by atoms with Gasteiger partial charge in [-0.05, 0) is 25.2 Å². The van der Waals surface area contributed by atoms with Gasteiger partial charge in [-0.1, -0.05) is 240 Å². The van der Waals surface area contributed by atoms with Gasteiger partial charge < -0.3 is 14.2 Å². The van der Waals surface area contributed by atoms with Crippen LogP contribution in [-0.4, -0.2) is 37.2 Å². The van der Waals surface area contributed by atoms with E-state index in [1.807, 2.05) is 0 Å². The maximum Gasteiger partial charge on any atom is 0.306 e. The average molecular weight is 793 g/mol. The Morgan fingerprint density at radius 3 is 0.875 bits per heavy atom. The fourth-order valence-corrected chi connectivity index (χ4v) is 7.51. The molecule has 1 atom stereocenters. The fraction of sp³-hybridized carbons (Fsp3) is 0.940. The topological polar surface area (TPSA) is 78.9 Å². The summed E-state index contributed by atoms with van der Waals surface area (Å²) in [6.07, 6.45) is 45.1. The van der Waals surface area contributed by atoms with Gasteiger partial charge in [-0.3, -0.25) is 14.4 Å². The molecular weight excluding hydrogens is 697 g/mol. The molecule has 0 radical (unpaired) electrons. The molecule has 0 aliphatic rings. The Hall–Kier alpha value is -1.59. The Morgan fingerprint density at radius 1 is 0.339 bits per heavy atom. The average Bonchev–Trinajstić information content (AvgIpc) is 3.18. The largest absolute Gasteiger partial charge is 0.462 e. The monoisotopic (exact) mass is 793 g/mol. The standard InChI is InChI=1S/C50H96O6/c1-5-7-9-11-13-15-17-18-19-21-27-31-35-39-43-50(53)56-47(44-54-48(51)41-37-33-29-25-20-16-14-12-10-8-6-2)45-55-49(52)42-38-34-30-26-23-22-24-28-32-36-40-46(3)4/h46-47H,5-45H2,1-4H3/t47-/m1/s1. The van der Waals surface area contributed by atoms with Crippen molar-refractivity contribution in [3.8, 4) is 0 Å². The van der Waals surface area contributed by atoms with E-state index in [4.69, 9.17) is 14.2 Å². The van der Waals surface area contributed by atoms with E-state index >= 15 is 0 Å². The third kappa shape index (κ3) is 43.5. The predicted octanol–water partition coefficient (Wildman–Crippen LogP) is 15.9. The van der Waals surface area contributed by atoms with E-state index in [9.17, 15) is 14.4 Å². The molecule has 0 unspecified atom stereocenters. The molecule has 0 aliphatic heterocycles. The van der Waals surface area contributed by atoms with Crippen LogP contribution >= 0.6 is 0 Å².